The second kappa shape index (κ2) is 4.74. The van der Waals surface area contributed by atoms with Gasteiger partial charge in [-0.1, -0.05) is 26.2 Å². The van der Waals surface area contributed by atoms with Gasteiger partial charge in [0.15, 0.2) is 0 Å². The Morgan fingerprint density at radius 3 is 2.62 bits per heavy atom. The fraction of sp³-hybridized carbons (Fsp3) is 0.923. The molecule has 2 rings (SSSR count). The third-order valence-corrected chi connectivity index (χ3v) is 4.49. The number of aliphatic hydroxyl groups is 1. The van der Waals surface area contributed by atoms with Gasteiger partial charge in [-0.05, 0) is 25.7 Å². The van der Waals surface area contributed by atoms with Crippen molar-refractivity contribution >= 4 is 5.91 Å². The highest BCUT2D eigenvalue weighted by atomic mass is 16.3. The fourth-order valence-corrected chi connectivity index (χ4v) is 3.15. The molecule has 0 saturated heterocycles. The molecule has 0 aromatic rings. The molecule has 0 aromatic heterocycles. The van der Waals surface area contributed by atoms with E-state index in [1.165, 1.54) is 12.8 Å². The molecule has 0 radical (unpaired) electrons. The van der Waals surface area contributed by atoms with Gasteiger partial charge in [0.25, 0.3) is 0 Å². The zero-order valence-electron chi connectivity index (χ0n) is 10.2. The predicted molar refractivity (Wildman–Crippen MR) is 62.9 cm³/mol. The highest BCUT2D eigenvalue weighted by molar-refractivity contribution is 5.79. The summed E-state index contributed by atoms with van der Waals surface area (Å²) in [5.41, 5.74) is -0.0890. The van der Waals surface area contributed by atoms with Crippen LogP contribution < -0.4 is 5.32 Å². The minimum atomic E-state index is -0.0890. The first kappa shape index (κ1) is 11.9. The third-order valence-electron chi connectivity index (χ3n) is 4.49. The van der Waals surface area contributed by atoms with Crippen LogP contribution in [0.5, 0.6) is 0 Å². The molecule has 2 N–H and O–H groups in total. The Kier molecular flexibility index (Phi) is 3.53. The van der Waals surface area contributed by atoms with Gasteiger partial charge in [0.2, 0.25) is 5.91 Å². The molecule has 2 saturated carbocycles. The smallest absolute Gasteiger partial charge is 0.223 e. The second-order valence-corrected chi connectivity index (χ2v) is 5.75. The molecular formula is C13H23NO2. The number of carbonyl (C=O) groups excluding carboxylic acids is 1. The van der Waals surface area contributed by atoms with Crippen LogP contribution in [0.4, 0.5) is 0 Å². The average Bonchev–Trinajstić information content (AvgIpc) is 2.89. The summed E-state index contributed by atoms with van der Waals surface area (Å²) in [6.45, 7) is 2.27. The van der Waals surface area contributed by atoms with Crippen LogP contribution >= 0.6 is 0 Å². The van der Waals surface area contributed by atoms with Crippen molar-refractivity contribution in [3.8, 4) is 0 Å². The van der Waals surface area contributed by atoms with E-state index in [2.05, 4.69) is 12.2 Å². The lowest BCUT2D eigenvalue weighted by atomic mass is 9.85. The topological polar surface area (TPSA) is 49.3 Å². The summed E-state index contributed by atoms with van der Waals surface area (Å²) in [5.74, 6) is 0.465. The molecule has 2 fully saturated rings. The van der Waals surface area contributed by atoms with Gasteiger partial charge in [-0.25, -0.2) is 0 Å². The van der Waals surface area contributed by atoms with E-state index in [0.29, 0.717) is 0 Å². The molecule has 0 aliphatic heterocycles. The zero-order valence-corrected chi connectivity index (χ0v) is 10.2. The van der Waals surface area contributed by atoms with Gasteiger partial charge in [-0.15, -0.1) is 0 Å². The minimum absolute atomic E-state index is 0.0890. The quantitative estimate of drug-likeness (QED) is 0.770. The highest BCUT2D eigenvalue weighted by Crippen LogP contribution is 2.38. The Morgan fingerprint density at radius 1 is 1.31 bits per heavy atom. The molecule has 3 heteroatoms. The summed E-state index contributed by atoms with van der Waals surface area (Å²) in [4.78, 5) is 12.0. The zero-order chi connectivity index (χ0) is 11.6. The molecule has 1 amide bonds. The third kappa shape index (κ3) is 2.24. The Balaban J connectivity index is 1.91. The predicted octanol–water partition coefficient (Wildman–Crippen LogP) is 1.84. The Hall–Kier alpha value is -0.570. The number of hydrogen-bond donors (Lipinski definition) is 2. The van der Waals surface area contributed by atoms with E-state index in [1.807, 2.05) is 0 Å². The molecule has 92 valence electrons. The Labute approximate surface area is 97.6 Å². The van der Waals surface area contributed by atoms with Crippen LogP contribution in [0.3, 0.4) is 0 Å². The number of amides is 1. The standard InChI is InChI=1S/C13H23NO2/c1-13(9-15)8-4-7-11(13)14-12(16)10-5-2-3-6-10/h10-11,15H,2-9H2,1H3,(H,14,16). The first-order valence-corrected chi connectivity index (χ1v) is 6.57. The number of rotatable bonds is 3. The van der Waals surface area contributed by atoms with Crippen molar-refractivity contribution in [3.05, 3.63) is 0 Å². The number of nitrogens with one attached hydrogen (secondary N) is 1. The molecule has 0 aromatic carbocycles. The van der Waals surface area contributed by atoms with Gasteiger partial charge in [0.05, 0.1) is 6.61 Å². The maximum atomic E-state index is 12.0. The molecule has 2 aliphatic carbocycles. The molecule has 16 heavy (non-hydrogen) atoms. The van der Waals surface area contributed by atoms with Gasteiger partial charge in [-0.3, -0.25) is 4.79 Å². The van der Waals surface area contributed by atoms with Gasteiger partial charge < -0.3 is 10.4 Å². The summed E-state index contributed by atoms with van der Waals surface area (Å²) in [5, 5.41) is 12.6. The van der Waals surface area contributed by atoms with Crippen molar-refractivity contribution < 1.29 is 9.90 Å². The van der Waals surface area contributed by atoms with Crippen molar-refractivity contribution in [2.24, 2.45) is 11.3 Å². The van der Waals surface area contributed by atoms with E-state index in [-0.39, 0.29) is 29.9 Å². The molecule has 2 unspecified atom stereocenters. The van der Waals surface area contributed by atoms with Crippen LogP contribution in [0, 0.1) is 11.3 Å². The monoisotopic (exact) mass is 225 g/mol. The molecular weight excluding hydrogens is 202 g/mol. The lowest BCUT2D eigenvalue weighted by Gasteiger charge is -2.30. The fourth-order valence-electron chi connectivity index (χ4n) is 3.15. The van der Waals surface area contributed by atoms with E-state index in [0.717, 1.165) is 32.1 Å². The van der Waals surface area contributed by atoms with Gasteiger partial charge in [-0.2, -0.15) is 0 Å². The summed E-state index contributed by atoms with van der Waals surface area (Å²) < 4.78 is 0. The van der Waals surface area contributed by atoms with Crippen LogP contribution in [0.15, 0.2) is 0 Å². The van der Waals surface area contributed by atoms with E-state index in [9.17, 15) is 9.90 Å². The molecule has 0 bridgehead atoms. The van der Waals surface area contributed by atoms with E-state index >= 15 is 0 Å². The van der Waals surface area contributed by atoms with Gasteiger partial charge in [0.1, 0.15) is 0 Å². The number of aliphatic hydroxyl groups excluding tert-OH is 1. The van der Waals surface area contributed by atoms with Crippen molar-refractivity contribution in [2.75, 3.05) is 6.61 Å². The SMILES string of the molecule is CC1(CO)CCCC1NC(=O)C1CCCC1. The van der Waals surface area contributed by atoms with Crippen LogP contribution in [-0.4, -0.2) is 23.7 Å². The summed E-state index contributed by atoms with van der Waals surface area (Å²) in [6.07, 6.45) is 7.66. The molecule has 0 heterocycles. The highest BCUT2D eigenvalue weighted by Gasteiger charge is 2.40. The molecule has 0 spiro atoms. The molecule has 2 atom stereocenters. The van der Waals surface area contributed by atoms with Gasteiger partial charge in [0, 0.05) is 17.4 Å². The van der Waals surface area contributed by atoms with E-state index < -0.39 is 0 Å². The maximum absolute atomic E-state index is 12.0. The van der Waals surface area contributed by atoms with Crippen molar-refractivity contribution in [2.45, 2.75) is 57.9 Å². The number of carbonyl (C=O) groups is 1. The van der Waals surface area contributed by atoms with Crippen molar-refractivity contribution in [3.63, 3.8) is 0 Å². The first-order valence-electron chi connectivity index (χ1n) is 6.57. The maximum Gasteiger partial charge on any atom is 0.223 e. The lowest BCUT2D eigenvalue weighted by Crippen LogP contribution is -2.46. The summed E-state index contributed by atoms with van der Waals surface area (Å²) in [6, 6.07) is 0.186. The number of hydrogen-bond acceptors (Lipinski definition) is 2. The van der Waals surface area contributed by atoms with E-state index in [4.69, 9.17) is 0 Å². The van der Waals surface area contributed by atoms with Crippen LogP contribution in [-0.2, 0) is 4.79 Å². The average molecular weight is 225 g/mol. The van der Waals surface area contributed by atoms with Crippen LogP contribution in [0.2, 0.25) is 0 Å². The normalized spacial score (nSPS) is 35.5. The summed E-state index contributed by atoms with van der Waals surface area (Å²) >= 11 is 0. The Morgan fingerprint density at radius 2 is 2.00 bits per heavy atom. The van der Waals surface area contributed by atoms with Crippen LogP contribution in [0.25, 0.3) is 0 Å². The lowest BCUT2D eigenvalue weighted by molar-refractivity contribution is -0.126. The van der Waals surface area contributed by atoms with E-state index in [1.54, 1.807) is 0 Å². The Bertz CT molecular complexity index is 261. The molecule has 2 aliphatic rings. The first-order chi connectivity index (χ1) is 7.65. The second-order valence-electron chi connectivity index (χ2n) is 5.75. The molecule has 3 nitrogen and oxygen atoms in total. The van der Waals surface area contributed by atoms with Crippen LogP contribution in [0.1, 0.15) is 51.9 Å². The van der Waals surface area contributed by atoms with Gasteiger partial charge >= 0.3 is 0 Å². The van der Waals surface area contributed by atoms with Crippen molar-refractivity contribution in [1.29, 1.82) is 0 Å². The van der Waals surface area contributed by atoms with Crippen molar-refractivity contribution in [1.82, 2.24) is 5.32 Å². The minimum Gasteiger partial charge on any atom is -0.396 e. The largest absolute Gasteiger partial charge is 0.396 e. The summed E-state index contributed by atoms with van der Waals surface area (Å²) in [7, 11) is 0.